The Bertz CT molecular complexity index is 565. The minimum atomic E-state index is -1.09. The summed E-state index contributed by atoms with van der Waals surface area (Å²) in [6.07, 6.45) is 3.85. The molecule has 7 nitrogen and oxygen atoms in total. The maximum atomic E-state index is 12.1. The summed E-state index contributed by atoms with van der Waals surface area (Å²) in [5, 5.41) is 11.6. The molecule has 0 spiro atoms. The van der Waals surface area contributed by atoms with E-state index in [1.54, 1.807) is 4.90 Å². The fourth-order valence-corrected chi connectivity index (χ4v) is 2.33. The van der Waals surface area contributed by atoms with Gasteiger partial charge in [-0.15, -0.1) is 0 Å². The van der Waals surface area contributed by atoms with E-state index in [0.717, 1.165) is 0 Å². The lowest BCUT2D eigenvalue weighted by Gasteiger charge is -2.30. The lowest BCUT2D eigenvalue weighted by molar-refractivity contribution is -0.132. The van der Waals surface area contributed by atoms with Crippen LogP contribution < -0.4 is 5.32 Å². The van der Waals surface area contributed by atoms with Crippen molar-refractivity contribution in [3.63, 3.8) is 0 Å². The highest BCUT2D eigenvalue weighted by molar-refractivity contribution is 5.94. The van der Waals surface area contributed by atoms with Crippen LogP contribution >= 0.6 is 0 Å². The first-order valence-electron chi connectivity index (χ1n) is 6.72. The standard InChI is InChI=1S/C14H17N3O4/c1-9(18)17-4-2-10(3-5-17)13(19)16-12-6-11(14(20)21)7-15-8-12/h6-8,10H,2-5H2,1H3,(H,16,19)(H,20,21). The van der Waals surface area contributed by atoms with Crippen LogP contribution in [0.4, 0.5) is 5.69 Å². The summed E-state index contributed by atoms with van der Waals surface area (Å²) in [6, 6.07) is 1.37. The molecule has 1 aliphatic heterocycles. The zero-order valence-electron chi connectivity index (χ0n) is 11.7. The van der Waals surface area contributed by atoms with Gasteiger partial charge in [-0.2, -0.15) is 0 Å². The van der Waals surface area contributed by atoms with Gasteiger partial charge >= 0.3 is 5.97 Å². The largest absolute Gasteiger partial charge is 0.478 e. The molecule has 2 rings (SSSR count). The second kappa shape index (κ2) is 6.34. The molecule has 0 aromatic carbocycles. The molecular formula is C14H17N3O4. The molecule has 0 radical (unpaired) electrons. The summed E-state index contributed by atoms with van der Waals surface area (Å²) < 4.78 is 0. The number of piperidine rings is 1. The molecule has 1 aromatic heterocycles. The number of anilines is 1. The van der Waals surface area contributed by atoms with Gasteiger partial charge < -0.3 is 15.3 Å². The van der Waals surface area contributed by atoms with Gasteiger partial charge in [0.15, 0.2) is 0 Å². The first-order valence-corrected chi connectivity index (χ1v) is 6.72. The number of carbonyl (C=O) groups is 3. The van der Waals surface area contributed by atoms with E-state index >= 15 is 0 Å². The number of carboxylic acid groups (broad SMARTS) is 1. The second-order valence-corrected chi connectivity index (χ2v) is 5.04. The van der Waals surface area contributed by atoms with Gasteiger partial charge in [0.25, 0.3) is 0 Å². The van der Waals surface area contributed by atoms with Gasteiger partial charge in [-0.3, -0.25) is 14.6 Å². The number of amides is 2. The normalized spacial score (nSPS) is 15.6. The monoisotopic (exact) mass is 291 g/mol. The van der Waals surface area contributed by atoms with Crippen molar-refractivity contribution in [3.8, 4) is 0 Å². The minimum absolute atomic E-state index is 0.0206. The average Bonchev–Trinajstić information content (AvgIpc) is 2.47. The highest BCUT2D eigenvalue weighted by Gasteiger charge is 2.26. The van der Waals surface area contributed by atoms with Crippen LogP contribution in [0, 0.1) is 5.92 Å². The summed E-state index contributed by atoms with van der Waals surface area (Å²) in [4.78, 5) is 39.7. The predicted octanol–water partition coefficient (Wildman–Crippen LogP) is 0.977. The molecule has 1 fully saturated rings. The molecular weight excluding hydrogens is 274 g/mol. The Kier molecular flexibility index (Phi) is 4.52. The van der Waals surface area contributed by atoms with E-state index in [-0.39, 0.29) is 23.3 Å². The van der Waals surface area contributed by atoms with Gasteiger partial charge in [0.1, 0.15) is 0 Å². The van der Waals surface area contributed by atoms with E-state index in [0.29, 0.717) is 31.6 Å². The fourth-order valence-electron chi connectivity index (χ4n) is 2.33. The van der Waals surface area contributed by atoms with Crippen molar-refractivity contribution >= 4 is 23.5 Å². The summed E-state index contributed by atoms with van der Waals surface area (Å²) in [6.45, 7) is 2.66. The SMILES string of the molecule is CC(=O)N1CCC(C(=O)Nc2cncc(C(=O)O)c2)CC1. The molecule has 0 unspecified atom stereocenters. The molecule has 0 aliphatic carbocycles. The number of hydrogen-bond donors (Lipinski definition) is 2. The molecule has 0 bridgehead atoms. The number of pyridine rings is 1. The number of carboxylic acids is 1. The molecule has 7 heteroatoms. The van der Waals surface area contributed by atoms with E-state index < -0.39 is 5.97 Å². The number of aromatic carboxylic acids is 1. The number of carbonyl (C=O) groups excluding carboxylic acids is 2. The Balaban J connectivity index is 1.95. The van der Waals surface area contributed by atoms with E-state index in [1.807, 2.05) is 0 Å². The van der Waals surface area contributed by atoms with E-state index in [1.165, 1.54) is 25.4 Å². The fraction of sp³-hybridized carbons (Fsp3) is 0.429. The maximum absolute atomic E-state index is 12.1. The molecule has 1 aromatic rings. The molecule has 0 atom stereocenters. The summed E-state index contributed by atoms with van der Waals surface area (Å²) in [5.74, 6) is -1.41. The third kappa shape index (κ3) is 3.77. The third-order valence-electron chi connectivity index (χ3n) is 3.56. The lowest BCUT2D eigenvalue weighted by Crippen LogP contribution is -2.40. The third-order valence-corrected chi connectivity index (χ3v) is 3.56. The first-order chi connectivity index (χ1) is 9.97. The van der Waals surface area contributed by atoms with Crippen LogP contribution in [0.15, 0.2) is 18.5 Å². The minimum Gasteiger partial charge on any atom is -0.478 e. The molecule has 2 N–H and O–H groups in total. The average molecular weight is 291 g/mol. The van der Waals surface area contributed by atoms with Crippen molar-refractivity contribution in [1.29, 1.82) is 0 Å². The lowest BCUT2D eigenvalue weighted by atomic mass is 9.96. The van der Waals surface area contributed by atoms with Crippen LogP contribution in [0.2, 0.25) is 0 Å². The van der Waals surface area contributed by atoms with Crippen molar-refractivity contribution in [1.82, 2.24) is 9.88 Å². The highest BCUT2D eigenvalue weighted by Crippen LogP contribution is 2.19. The second-order valence-electron chi connectivity index (χ2n) is 5.04. The number of nitrogens with zero attached hydrogens (tertiary/aromatic N) is 2. The molecule has 2 heterocycles. The van der Waals surface area contributed by atoms with Crippen LogP contribution in [-0.2, 0) is 9.59 Å². The predicted molar refractivity (Wildman–Crippen MR) is 74.8 cm³/mol. The molecule has 0 saturated carbocycles. The van der Waals surface area contributed by atoms with Crippen molar-refractivity contribution in [2.45, 2.75) is 19.8 Å². The van der Waals surface area contributed by atoms with E-state index in [2.05, 4.69) is 10.3 Å². The summed E-state index contributed by atoms with van der Waals surface area (Å²) in [5.41, 5.74) is 0.396. The van der Waals surface area contributed by atoms with Gasteiger partial charge in [-0.05, 0) is 18.9 Å². The number of nitrogens with one attached hydrogen (secondary N) is 1. The molecule has 112 valence electrons. The summed E-state index contributed by atoms with van der Waals surface area (Å²) in [7, 11) is 0. The number of rotatable bonds is 3. The van der Waals surface area contributed by atoms with Crippen molar-refractivity contribution < 1.29 is 19.5 Å². The Morgan fingerprint density at radius 2 is 1.95 bits per heavy atom. The van der Waals surface area contributed by atoms with Gasteiger partial charge in [0.05, 0.1) is 17.4 Å². The van der Waals surface area contributed by atoms with Gasteiger partial charge in [0.2, 0.25) is 11.8 Å². The Labute approximate surface area is 122 Å². The van der Waals surface area contributed by atoms with Crippen LogP contribution in [-0.4, -0.2) is 45.9 Å². The summed E-state index contributed by atoms with van der Waals surface area (Å²) >= 11 is 0. The number of hydrogen-bond acceptors (Lipinski definition) is 4. The van der Waals surface area contributed by atoms with Gasteiger partial charge in [-0.1, -0.05) is 0 Å². The smallest absolute Gasteiger partial charge is 0.337 e. The highest BCUT2D eigenvalue weighted by atomic mass is 16.4. The molecule has 21 heavy (non-hydrogen) atoms. The molecule has 2 amide bonds. The van der Waals surface area contributed by atoms with Crippen LogP contribution in [0.1, 0.15) is 30.1 Å². The van der Waals surface area contributed by atoms with Crippen LogP contribution in [0.25, 0.3) is 0 Å². The van der Waals surface area contributed by atoms with Crippen LogP contribution in [0.5, 0.6) is 0 Å². The van der Waals surface area contributed by atoms with Gasteiger partial charge in [-0.25, -0.2) is 4.79 Å². The van der Waals surface area contributed by atoms with E-state index in [9.17, 15) is 14.4 Å². The Hall–Kier alpha value is -2.44. The number of likely N-dealkylation sites (tertiary alicyclic amines) is 1. The van der Waals surface area contributed by atoms with Crippen molar-refractivity contribution in [3.05, 3.63) is 24.0 Å². The maximum Gasteiger partial charge on any atom is 0.337 e. The topological polar surface area (TPSA) is 99.6 Å². The molecule has 1 saturated heterocycles. The van der Waals surface area contributed by atoms with Crippen molar-refractivity contribution in [2.24, 2.45) is 5.92 Å². The zero-order chi connectivity index (χ0) is 15.4. The molecule has 1 aliphatic rings. The van der Waals surface area contributed by atoms with Crippen molar-refractivity contribution in [2.75, 3.05) is 18.4 Å². The number of aromatic nitrogens is 1. The Morgan fingerprint density at radius 1 is 1.29 bits per heavy atom. The Morgan fingerprint density at radius 3 is 2.52 bits per heavy atom. The van der Waals surface area contributed by atoms with Crippen LogP contribution in [0.3, 0.4) is 0 Å². The quantitative estimate of drug-likeness (QED) is 0.864. The first kappa shape index (κ1) is 15.0. The van der Waals surface area contributed by atoms with Gasteiger partial charge in [0, 0.05) is 32.1 Å². The zero-order valence-corrected chi connectivity index (χ0v) is 11.7. The van der Waals surface area contributed by atoms with E-state index in [4.69, 9.17) is 5.11 Å².